The third-order valence-electron chi connectivity index (χ3n) is 4.81. The Morgan fingerprint density at radius 3 is 2.32 bits per heavy atom. The Kier molecular flexibility index (Phi) is 7.00. The number of benzene rings is 1. The van der Waals surface area contributed by atoms with Crippen LogP contribution in [0.3, 0.4) is 0 Å². The van der Waals surface area contributed by atoms with Gasteiger partial charge in [-0.15, -0.1) is 0 Å². The lowest BCUT2D eigenvalue weighted by molar-refractivity contribution is -0.385. The van der Waals surface area contributed by atoms with E-state index in [0.717, 1.165) is 14.2 Å². The Hall–Kier alpha value is -4.83. The van der Waals surface area contributed by atoms with Crippen LogP contribution in [0.25, 0.3) is 5.69 Å². The zero-order valence-corrected chi connectivity index (χ0v) is 19.2. The van der Waals surface area contributed by atoms with Gasteiger partial charge in [-0.3, -0.25) is 19.5 Å². The van der Waals surface area contributed by atoms with Gasteiger partial charge in [-0.1, -0.05) is 0 Å². The third-order valence-corrected chi connectivity index (χ3v) is 4.81. The lowest BCUT2D eigenvalue weighted by Gasteiger charge is -2.16. The number of carbonyl (C=O) groups excluding carboxylic acids is 1. The average molecular weight is 529 g/mol. The van der Waals surface area contributed by atoms with E-state index in [0.29, 0.717) is 13.1 Å². The zero-order valence-electron chi connectivity index (χ0n) is 19.2. The summed E-state index contributed by atoms with van der Waals surface area (Å²) in [5, 5.41) is 11.6. The van der Waals surface area contributed by atoms with Crippen molar-refractivity contribution in [2.75, 3.05) is 14.2 Å². The molecule has 0 atom stereocenters. The first-order valence-electron chi connectivity index (χ1n) is 9.78. The number of nitro groups is 1. The van der Waals surface area contributed by atoms with Crippen LogP contribution >= 0.6 is 0 Å². The number of esters is 1. The fraction of sp³-hybridized carbons (Fsp3) is 0.250. The molecule has 37 heavy (non-hydrogen) atoms. The molecule has 0 fully saturated rings. The molecule has 196 valence electrons. The minimum absolute atomic E-state index is 0.0127. The molecule has 3 rings (SSSR count). The first kappa shape index (κ1) is 26.8. The number of ether oxygens (including phenoxy) is 3. The summed E-state index contributed by atoms with van der Waals surface area (Å²) in [6.45, 7) is 1.38. The second kappa shape index (κ2) is 9.67. The van der Waals surface area contributed by atoms with E-state index in [4.69, 9.17) is 9.47 Å². The third kappa shape index (κ3) is 4.95. The quantitative estimate of drug-likeness (QED) is 0.201. The summed E-state index contributed by atoms with van der Waals surface area (Å²) in [4.78, 5) is 55.5. The van der Waals surface area contributed by atoms with E-state index in [-0.39, 0.29) is 27.1 Å². The van der Waals surface area contributed by atoms with Gasteiger partial charge in [0.25, 0.3) is 11.4 Å². The minimum atomic E-state index is -5.08. The average Bonchev–Trinajstić information content (AvgIpc) is 2.82. The van der Waals surface area contributed by atoms with E-state index in [2.05, 4.69) is 14.7 Å². The predicted molar refractivity (Wildman–Crippen MR) is 114 cm³/mol. The zero-order chi connectivity index (χ0) is 27.8. The van der Waals surface area contributed by atoms with Crippen molar-refractivity contribution < 1.29 is 41.5 Å². The number of nitro benzene ring substituents is 1. The van der Waals surface area contributed by atoms with Crippen molar-refractivity contribution >= 4 is 11.7 Å². The van der Waals surface area contributed by atoms with Crippen LogP contribution in [-0.4, -0.2) is 44.2 Å². The fourth-order valence-electron chi connectivity index (χ4n) is 3.16. The molecule has 2 aromatic heterocycles. The van der Waals surface area contributed by atoms with Crippen molar-refractivity contribution in [3.63, 3.8) is 0 Å². The van der Waals surface area contributed by atoms with Crippen molar-refractivity contribution in [3.05, 3.63) is 72.2 Å². The molecule has 17 heteroatoms. The summed E-state index contributed by atoms with van der Waals surface area (Å²) in [6.07, 6.45) is -5.08. The van der Waals surface area contributed by atoms with Crippen molar-refractivity contribution in [2.45, 2.75) is 13.1 Å². The number of halogens is 4. The van der Waals surface area contributed by atoms with Crippen LogP contribution < -0.4 is 20.7 Å². The first-order chi connectivity index (χ1) is 17.2. The molecule has 0 saturated carbocycles. The van der Waals surface area contributed by atoms with E-state index in [1.165, 1.54) is 6.92 Å². The molecule has 0 amide bonds. The van der Waals surface area contributed by atoms with E-state index in [1.807, 2.05) is 0 Å². The Labute approximate surface area is 202 Å². The molecule has 0 spiro atoms. The molecule has 1 aromatic carbocycles. The number of aromatic nitrogens is 4. The van der Waals surface area contributed by atoms with Gasteiger partial charge in [-0.05, 0) is 6.92 Å². The summed E-state index contributed by atoms with van der Waals surface area (Å²) in [5.74, 6) is -4.41. The second-order valence-corrected chi connectivity index (χ2v) is 7.12. The summed E-state index contributed by atoms with van der Waals surface area (Å²) in [5.41, 5.74) is -7.37. The monoisotopic (exact) mass is 529 g/mol. The molecular formula is C20H15F4N5O8. The number of aryl methyl sites for hydroxylation is 1. The molecule has 13 nitrogen and oxygen atoms in total. The van der Waals surface area contributed by atoms with Crippen molar-refractivity contribution in [3.8, 4) is 23.1 Å². The Bertz CT molecular complexity index is 1550. The summed E-state index contributed by atoms with van der Waals surface area (Å²) < 4.78 is 69.5. The molecule has 2 heterocycles. The van der Waals surface area contributed by atoms with Gasteiger partial charge < -0.3 is 14.2 Å². The van der Waals surface area contributed by atoms with Crippen LogP contribution in [0.2, 0.25) is 0 Å². The molecule has 0 N–H and O–H groups in total. The van der Waals surface area contributed by atoms with Gasteiger partial charge in [-0.25, -0.2) is 23.5 Å². The molecule has 0 bridgehead atoms. The maximum atomic E-state index is 14.9. The van der Waals surface area contributed by atoms with Gasteiger partial charge in [-0.2, -0.15) is 18.2 Å². The number of methoxy groups -OCH3 is 2. The van der Waals surface area contributed by atoms with Gasteiger partial charge in [0.1, 0.15) is 11.5 Å². The standard InChI is InChI=1S/C20H15F4N5O8/c1-8-25-15(18(31)36-4)16(17(26-8)35-3)37-12-6-10(9(21)5-11(12)29(33)34)28-14(30)7-13(20(22,23)24)27(2)19(28)32/h5-7H,1-4H3. The fourth-order valence-corrected chi connectivity index (χ4v) is 3.16. The second-order valence-electron chi connectivity index (χ2n) is 7.12. The van der Waals surface area contributed by atoms with Gasteiger partial charge in [0.2, 0.25) is 11.5 Å². The Morgan fingerprint density at radius 2 is 1.78 bits per heavy atom. The molecular weight excluding hydrogens is 514 g/mol. The van der Waals surface area contributed by atoms with E-state index in [9.17, 15) is 42.1 Å². The normalized spacial score (nSPS) is 11.2. The van der Waals surface area contributed by atoms with E-state index in [1.54, 1.807) is 0 Å². The van der Waals surface area contributed by atoms with Gasteiger partial charge in [0.05, 0.1) is 30.9 Å². The van der Waals surface area contributed by atoms with Crippen molar-refractivity contribution in [2.24, 2.45) is 7.05 Å². The van der Waals surface area contributed by atoms with Crippen LogP contribution in [0.1, 0.15) is 22.0 Å². The molecule has 0 radical (unpaired) electrons. The highest BCUT2D eigenvalue weighted by Crippen LogP contribution is 2.39. The summed E-state index contributed by atoms with van der Waals surface area (Å²) >= 11 is 0. The van der Waals surface area contributed by atoms with Crippen LogP contribution in [-0.2, 0) is 18.0 Å². The highest BCUT2D eigenvalue weighted by molar-refractivity contribution is 5.91. The number of carbonyl (C=O) groups is 1. The lowest BCUT2D eigenvalue weighted by atomic mass is 10.2. The number of hydrogen-bond donors (Lipinski definition) is 0. The maximum Gasteiger partial charge on any atom is 0.431 e. The summed E-state index contributed by atoms with van der Waals surface area (Å²) in [6, 6.07) is 0.840. The molecule has 0 unspecified atom stereocenters. The highest BCUT2D eigenvalue weighted by atomic mass is 19.4. The number of nitrogens with zero attached hydrogens (tertiary/aromatic N) is 5. The smallest absolute Gasteiger partial charge is 0.431 e. The highest BCUT2D eigenvalue weighted by Gasteiger charge is 2.36. The topological polar surface area (TPSA) is 158 Å². The number of rotatable bonds is 6. The minimum Gasteiger partial charge on any atom is -0.478 e. The van der Waals surface area contributed by atoms with Gasteiger partial charge in [0, 0.05) is 19.2 Å². The molecule has 0 aliphatic rings. The van der Waals surface area contributed by atoms with E-state index >= 15 is 0 Å². The lowest BCUT2D eigenvalue weighted by Crippen LogP contribution is -2.41. The molecule has 0 aliphatic carbocycles. The van der Waals surface area contributed by atoms with Gasteiger partial charge >= 0.3 is 23.5 Å². The Morgan fingerprint density at radius 1 is 1.14 bits per heavy atom. The summed E-state index contributed by atoms with van der Waals surface area (Å²) in [7, 11) is 2.81. The largest absolute Gasteiger partial charge is 0.478 e. The molecule has 0 saturated heterocycles. The van der Waals surface area contributed by atoms with E-state index < -0.39 is 74.3 Å². The molecule has 3 aromatic rings. The molecule has 0 aliphatic heterocycles. The maximum absolute atomic E-state index is 14.9. The van der Waals surface area contributed by atoms with Crippen molar-refractivity contribution in [1.29, 1.82) is 0 Å². The van der Waals surface area contributed by atoms with Crippen LogP contribution in [0.5, 0.6) is 17.4 Å². The van der Waals surface area contributed by atoms with Gasteiger partial charge in [0.15, 0.2) is 11.5 Å². The van der Waals surface area contributed by atoms with Crippen LogP contribution in [0.4, 0.5) is 23.2 Å². The number of alkyl halides is 3. The first-order valence-corrected chi connectivity index (χ1v) is 9.78. The predicted octanol–water partition coefficient (Wildman–Crippen LogP) is 2.29. The Balaban J connectivity index is 2.34. The SMILES string of the molecule is COC(=O)c1nc(C)nc(OC)c1Oc1cc(-n2c(=O)cc(C(F)(F)F)n(C)c2=O)c(F)cc1[N+](=O)[O-]. The van der Waals surface area contributed by atoms with Crippen molar-refractivity contribution in [1.82, 2.24) is 19.1 Å². The van der Waals surface area contributed by atoms with Crippen LogP contribution in [0.15, 0.2) is 27.8 Å². The number of hydrogen-bond acceptors (Lipinski definition) is 10. The van der Waals surface area contributed by atoms with Crippen LogP contribution in [0, 0.1) is 22.9 Å².